The number of morpholine rings is 1. The molecule has 0 bridgehead atoms. The SMILES string of the molecule is COc1ccccc1N1CC(=O)OC(=O)C1. The van der Waals surface area contributed by atoms with E-state index in [2.05, 4.69) is 4.74 Å². The Morgan fingerprint density at radius 3 is 2.44 bits per heavy atom. The van der Waals surface area contributed by atoms with Gasteiger partial charge in [0.1, 0.15) is 18.8 Å². The molecular weight excluding hydrogens is 210 g/mol. The molecule has 1 aromatic carbocycles. The van der Waals surface area contributed by atoms with Gasteiger partial charge in [-0.15, -0.1) is 0 Å². The largest absolute Gasteiger partial charge is 0.495 e. The molecule has 1 aromatic rings. The van der Waals surface area contributed by atoms with Gasteiger partial charge in [-0.05, 0) is 12.1 Å². The second-order valence-corrected chi connectivity index (χ2v) is 3.37. The summed E-state index contributed by atoms with van der Waals surface area (Å²) in [6.45, 7) is 0.123. The molecule has 0 spiro atoms. The van der Waals surface area contributed by atoms with Gasteiger partial charge in [-0.3, -0.25) is 0 Å². The van der Waals surface area contributed by atoms with E-state index < -0.39 is 11.9 Å². The molecular formula is C11H11NO4. The number of cyclic esters (lactones) is 2. The fourth-order valence-electron chi connectivity index (χ4n) is 1.62. The smallest absolute Gasteiger partial charge is 0.333 e. The number of hydrogen-bond donors (Lipinski definition) is 0. The first-order valence-electron chi connectivity index (χ1n) is 4.82. The number of rotatable bonds is 2. The molecule has 0 aromatic heterocycles. The number of para-hydroxylation sites is 2. The van der Waals surface area contributed by atoms with Crippen LogP contribution < -0.4 is 9.64 Å². The van der Waals surface area contributed by atoms with Crippen LogP contribution in [-0.4, -0.2) is 32.1 Å². The Morgan fingerprint density at radius 1 is 1.19 bits per heavy atom. The molecule has 0 saturated carbocycles. The maximum absolute atomic E-state index is 11.1. The van der Waals surface area contributed by atoms with Crippen LogP contribution in [0.4, 0.5) is 5.69 Å². The number of carbonyl (C=O) groups is 2. The Bertz CT molecular complexity index is 414. The maximum atomic E-state index is 11.1. The topological polar surface area (TPSA) is 55.8 Å². The Morgan fingerprint density at radius 2 is 1.81 bits per heavy atom. The molecule has 2 rings (SSSR count). The minimum absolute atomic E-state index is 0.0616. The number of ether oxygens (including phenoxy) is 2. The zero-order valence-corrected chi connectivity index (χ0v) is 8.80. The number of nitrogens with zero attached hydrogens (tertiary/aromatic N) is 1. The monoisotopic (exact) mass is 221 g/mol. The van der Waals surface area contributed by atoms with Crippen LogP contribution in [0.2, 0.25) is 0 Å². The Labute approximate surface area is 92.6 Å². The van der Waals surface area contributed by atoms with E-state index in [1.165, 1.54) is 0 Å². The van der Waals surface area contributed by atoms with Crippen LogP contribution >= 0.6 is 0 Å². The number of anilines is 1. The molecule has 5 nitrogen and oxygen atoms in total. The third-order valence-corrected chi connectivity index (χ3v) is 2.29. The average molecular weight is 221 g/mol. The van der Waals surface area contributed by atoms with Crippen molar-refractivity contribution < 1.29 is 19.1 Å². The fourth-order valence-corrected chi connectivity index (χ4v) is 1.62. The van der Waals surface area contributed by atoms with E-state index in [9.17, 15) is 9.59 Å². The average Bonchev–Trinajstić information content (AvgIpc) is 2.27. The third-order valence-electron chi connectivity index (χ3n) is 2.29. The van der Waals surface area contributed by atoms with E-state index in [0.29, 0.717) is 5.75 Å². The van der Waals surface area contributed by atoms with Crippen molar-refractivity contribution in [1.29, 1.82) is 0 Å². The molecule has 0 unspecified atom stereocenters. The lowest BCUT2D eigenvalue weighted by molar-refractivity contribution is -0.160. The standard InChI is InChI=1S/C11H11NO4/c1-15-9-5-3-2-4-8(9)12-6-10(13)16-11(14)7-12/h2-5H,6-7H2,1H3. The maximum Gasteiger partial charge on any atom is 0.333 e. The second kappa shape index (κ2) is 4.22. The van der Waals surface area contributed by atoms with Crippen molar-refractivity contribution in [3.8, 4) is 5.75 Å². The van der Waals surface area contributed by atoms with E-state index in [-0.39, 0.29) is 13.1 Å². The third kappa shape index (κ3) is 1.98. The molecule has 16 heavy (non-hydrogen) atoms. The molecule has 0 atom stereocenters. The lowest BCUT2D eigenvalue weighted by atomic mass is 10.2. The molecule has 1 aliphatic heterocycles. The molecule has 1 aliphatic rings. The molecule has 1 heterocycles. The van der Waals surface area contributed by atoms with E-state index in [0.717, 1.165) is 5.69 Å². The first kappa shape index (κ1) is 10.5. The Hall–Kier alpha value is -2.04. The van der Waals surface area contributed by atoms with Crippen molar-refractivity contribution >= 4 is 17.6 Å². The summed E-state index contributed by atoms with van der Waals surface area (Å²) in [5, 5.41) is 0. The van der Waals surface area contributed by atoms with Crippen LogP contribution in [0.25, 0.3) is 0 Å². The molecule has 0 amide bonds. The summed E-state index contributed by atoms with van der Waals surface area (Å²) in [5.74, 6) is -0.450. The quantitative estimate of drug-likeness (QED) is 0.540. The van der Waals surface area contributed by atoms with Crippen molar-refractivity contribution in [1.82, 2.24) is 0 Å². The first-order chi connectivity index (χ1) is 7.70. The van der Waals surface area contributed by atoms with Crippen molar-refractivity contribution in [2.75, 3.05) is 25.1 Å². The van der Waals surface area contributed by atoms with Gasteiger partial charge in [-0.2, -0.15) is 0 Å². The van der Waals surface area contributed by atoms with Gasteiger partial charge >= 0.3 is 11.9 Å². The minimum atomic E-state index is -0.540. The van der Waals surface area contributed by atoms with Gasteiger partial charge < -0.3 is 14.4 Å². The molecule has 1 fully saturated rings. The zero-order chi connectivity index (χ0) is 11.5. The lowest BCUT2D eigenvalue weighted by Gasteiger charge is -2.27. The summed E-state index contributed by atoms with van der Waals surface area (Å²) in [7, 11) is 1.54. The highest BCUT2D eigenvalue weighted by molar-refractivity contribution is 5.94. The number of methoxy groups -OCH3 is 1. The summed E-state index contributed by atoms with van der Waals surface area (Å²) < 4.78 is 9.62. The summed E-state index contributed by atoms with van der Waals surface area (Å²) in [4.78, 5) is 23.9. The van der Waals surface area contributed by atoms with Crippen molar-refractivity contribution in [3.05, 3.63) is 24.3 Å². The van der Waals surface area contributed by atoms with Gasteiger partial charge in [0.05, 0.1) is 12.8 Å². The normalized spacial score (nSPS) is 15.9. The van der Waals surface area contributed by atoms with Gasteiger partial charge in [-0.25, -0.2) is 9.59 Å². The predicted molar refractivity (Wildman–Crippen MR) is 56.3 cm³/mol. The summed E-state index contributed by atoms with van der Waals surface area (Å²) in [5.41, 5.74) is 0.718. The van der Waals surface area contributed by atoms with E-state index >= 15 is 0 Å². The van der Waals surface area contributed by atoms with Gasteiger partial charge in [-0.1, -0.05) is 12.1 Å². The minimum Gasteiger partial charge on any atom is -0.495 e. The van der Waals surface area contributed by atoms with Crippen LogP contribution in [0.1, 0.15) is 0 Å². The van der Waals surface area contributed by atoms with Crippen LogP contribution in [0, 0.1) is 0 Å². The van der Waals surface area contributed by atoms with Crippen LogP contribution in [0.3, 0.4) is 0 Å². The molecule has 5 heteroatoms. The zero-order valence-electron chi connectivity index (χ0n) is 8.80. The highest BCUT2D eigenvalue weighted by atomic mass is 16.6. The predicted octanol–water partition coefficient (Wildman–Crippen LogP) is 0.585. The lowest BCUT2D eigenvalue weighted by Crippen LogP contribution is -2.43. The molecule has 0 radical (unpaired) electrons. The van der Waals surface area contributed by atoms with Gasteiger partial charge in [0.15, 0.2) is 0 Å². The van der Waals surface area contributed by atoms with Gasteiger partial charge in [0.2, 0.25) is 0 Å². The van der Waals surface area contributed by atoms with Gasteiger partial charge in [0.25, 0.3) is 0 Å². The van der Waals surface area contributed by atoms with E-state index in [1.807, 2.05) is 12.1 Å². The fraction of sp³-hybridized carbons (Fsp3) is 0.273. The van der Waals surface area contributed by atoms with Crippen molar-refractivity contribution in [2.24, 2.45) is 0 Å². The van der Waals surface area contributed by atoms with Crippen LogP contribution in [0.15, 0.2) is 24.3 Å². The number of benzene rings is 1. The van der Waals surface area contributed by atoms with E-state index in [4.69, 9.17) is 4.74 Å². The van der Waals surface area contributed by atoms with Crippen LogP contribution in [0.5, 0.6) is 5.75 Å². The summed E-state index contributed by atoms with van der Waals surface area (Å²) in [6.07, 6.45) is 0. The number of esters is 2. The molecule has 84 valence electrons. The Kier molecular flexibility index (Phi) is 2.76. The number of hydrogen-bond acceptors (Lipinski definition) is 5. The summed E-state index contributed by atoms with van der Waals surface area (Å²) >= 11 is 0. The van der Waals surface area contributed by atoms with Crippen molar-refractivity contribution in [2.45, 2.75) is 0 Å². The molecule has 0 N–H and O–H groups in total. The highest BCUT2D eigenvalue weighted by Gasteiger charge is 2.26. The first-order valence-corrected chi connectivity index (χ1v) is 4.82. The highest BCUT2D eigenvalue weighted by Crippen LogP contribution is 2.28. The van der Waals surface area contributed by atoms with Crippen molar-refractivity contribution in [3.63, 3.8) is 0 Å². The molecule has 1 saturated heterocycles. The Balaban J connectivity index is 2.29. The van der Waals surface area contributed by atoms with E-state index in [1.54, 1.807) is 24.1 Å². The van der Waals surface area contributed by atoms with Crippen LogP contribution in [-0.2, 0) is 14.3 Å². The second-order valence-electron chi connectivity index (χ2n) is 3.37. The molecule has 0 aliphatic carbocycles. The van der Waals surface area contributed by atoms with Gasteiger partial charge in [0, 0.05) is 0 Å². The summed E-state index contributed by atoms with van der Waals surface area (Å²) in [6, 6.07) is 7.22. The number of carbonyl (C=O) groups excluding carboxylic acids is 2.